The van der Waals surface area contributed by atoms with Crippen molar-refractivity contribution >= 4 is 23.0 Å². The fourth-order valence-corrected chi connectivity index (χ4v) is 3.67. The minimum Gasteiger partial charge on any atom is -0.383 e. The zero-order valence-electron chi connectivity index (χ0n) is 14.7. The number of fused-ring (bicyclic) bond motifs is 2. The molecule has 2 aliphatic heterocycles. The molecule has 1 N–H and O–H groups in total. The molecule has 0 saturated carbocycles. The number of methoxy groups -OCH3 is 1. The van der Waals surface area contributed by atoms with Crippen LogP contribution < -0.4 is 15.1 Å². The molecular weight excluding hydrogens is 316 g/mol. The number of nitrogens with one attached hydrogen (secondary N) is 1. The Morgan fingerprint density at radius 3 is 2.84 bits per heavy atom. The SMILES string of the molecule is COCCN1C(=O)C(C)c2cc3c(cc21)N(C)C(c1ccccn1)N3. The predicted molar refractivity (Wildman–Crippen MR) is 98.1 cm³/mol. The van der Waals surface area contributed by atoms with Crippen molar-refractivity contribution in [2.24, 2.45) is 0 Å². The van der Waals surface area contributed by atoms with Gasteiger partial charge in [-0.15, -0.1) is 0 Å². The van der Waals surface area contributed by atoms with Crippen LogP contribution in [-0.4, -0.2) is 38.2 Å². The Labute approximate surface area is 147 Å². The number of carbonyl (C=O) groups excluding carboxylic acids is 1. The number of aromatic nitrogens is 1. The van der Waals surface area contributed by atoms with Gasteiger partial charge in [-0.05, 0) is 36.8 Å². The number of pyridine rings is 1. The summed E-state index contributed by atoms with van der Waals surface area (Å²) in [5.74, 6) is 0.0119. The lowest BCUT2D eigenvalue weighted by atomic mass is 10.0. The smallest absolute Gasteiger partial charge is 0.234 e. The minimum atomic E-state index is -0.127. The molecule has 1 aromatic carbocycles. The van der Waals surface area contributed by atoms with Gasteiger partial charge in [0.05, 0.1) is 29.6 Å². The van der Waals surface area contributed by atoms with Gasteiger partial charge < -0.3 is 19.9 Å². The van der Waals surface area contributed by atoms with Crippen LogP contribution >= 0.6 is 0 Å². The van der Waals surface area contributed by atoms with E-state index in [-0.39, 0.29) is 18.0 Å². The first-order valence-electron chi connectivity index (χ1n) is 8.50. The largest absolute Gasteiger partial charge is 0.383 e. The number of carbonyl (C=O) groups is 1. The van der Waals surface area contributed by atoms with Crippen molar-refractivity contribution < 1.29 is 9.53 Å². The van der Waals surface area contributed by atoms with Crippen LogP contribution in [0, 0.1) is 0 Å². The highest BCUT2D eigenvalue weighted by molar-refractivity contribution is 6.06. The first-order valence-corrected chi connectivity index (χ1v) is 8.50. The molecule has 4 rings (SSSR count). The van der Waals surface area contributed by atoms with E-state index in [1.54, 1.807) is 13.3 Å². The third-order valence-corrected chi connectivity index (χ3v) is 5.09. The minimum absolute atomic E-state index is 0.00263. The van der Waals surface area contributed by atoms with Gasteiger partial charge in [-0.2, -0.15) is 0 Å². The fraction of sp³-hybridized carbons (Fsp3) is 0.368. The molecule has 2 atom stereocenters. The molecule has 3 heterocycles. The van der Waals surface area contributed by atoms with E-state index in [0.29, 0.717) is 13.2 Å². The van der Waals surface area contributed by atoms with Crippen molar-refractivity contribution in [3.8, 4) is 0 Å². The van der Waals surface area contributed by atoms with Crippen molar-refractivity contribution in [3.05, 3.63) is 47.8 Å². The number of anilines is 3. The second kappa shape index (κ2) is 6.04. The van der Waals surface area contributed by atoms with Crippen LogP contribution in [0.15, 0.2) is 36.5 Å². The molecule has 0 spiro atoms. The third-order valence-electron chi connectivity index (χ3n) is 5.09. The van der Waals surface area contributed by atoms with Gasteiger partial charge in [0, 0.05) is 32.6 Å². The van der Waals surface area contributed by atoms with E-state index in [0.717, 1.165) is 28.3 Å². The highest BCUT2D eigenvalue weighted by Gasteiger charge is 2.37. The Kier molecular flexibility index (Phi) is 3.84. The summed E-state index contributed by atoms with van der Waals surface area (Å²) >= 11 is 0. The van der Waals surface area contributed by atoms with E-state index in [2.05, 4.69) is 27.3 Å². The number of hydrogen-bond acceptors (Lipinski definition) is 5. The van der Waals surface area contributed by atoms with Gasteiger partial charge >= 0.3 is 0 Å². The normalized spacial score (nSPS) is 21.3. The van der Waals surface area contributed by atoms with Gasteiger partial charge in [0.1, 0.15) is 6.17 Å². The van der Waals surface area contributed by atoms with Crippen LogP contribution in [0.25, 0.3) is 0 Å². The van der Waals surface area contributed by atoms with E-state index in [1.165, 1.54) is 0 Å². The second-order valence-electron chi connectivity index (χ2n) is 6.54. The molecule has 130 valence electrons. The molecule has 2 unspecified atom stereocenters. The zero-order valence-corrected chi connectivity index (χ0v) is 14.7. The lowest BCUT2D eigenvalue weighted by Gasteiger charge is -2.22. The van der Waals surface area contributed by atoms with E-state index in [9.17, 15) is 4.79 Å². The maximum Gasteiger partial charge on any atom is 0.234 e. The molecule has 0 saturated heterocycles. The van der Waals surface area contributed by atoms with E-state index in [1.807, 2.05) is 37.1 Å². The molecule has 6 heteroatoms. The number of ether oxygens (including phenoxy) is 1. The Bertz CT molecular complexity index is 809. The van der Waals surface area contributed by atoms with Crippen LogP contribution in [0.3, 0.4) is 0 Å². The summed E-state index contributed by atoms with van der Waals surface area (Å²) < 4.78 is 5.17. The topological polar surface area (TPSA) is 57.7 Å². The summed E-state index contributed by atoms with van der Waals surface area (Å²) in [5, 5.41) is 3.53. The number of hydrogen-bond donors (Lipinski definition) is 1. The number of nitrogens with zero attached hydrogens (tertiary/aromatic N) is 3. The van der Waals surface area contributed by atoms with Gasteiger partial charge in [-0.25, -0.2) is 0 Å². The maximum atomic E-state index is 12.6. The molecular formula is C19H22N4O2. The van der Waals surface area contributed by atoms with Gasteiger partial charge in [-0.1, -0.05) is 6.07 Å². The Balaban J connectivity index is 1.71. The van der Waals surface area contributed by atoms with E-state index in [4.69, 9.17) is 4.74 Å². The van der Waals surface area contributed by atoms with Crippen molar-refractivity contribution in [2.45, 2.75) is 19.0 Å². The summed E-state index contributed by atoms with van der Waals surface area (Å²) in [7, 11) is 3.70. The van der Waals surface area contributed by atoms with E-state index >= 15 is 0 Å². The van der Waals surface area contributed by atoms with Crippen molar-refractivity contribution in [2.75, 3.05) is 42.4 Å². The van der Waals surface area contributed by atoms with Crippen LogP contribution in [0.5, 0.6) is 0 Å². The molecule has 2 aliphatic rings. The zero-order chi connectivity index (χ0) is 17.6. The van der Waals surface area contributed by atoms with Crippen LogP contribution in [0.4, 0.5) is 17.1 Å². The summed E-state index contributed by atoms with van der Waals surface area (Å²) in [4.78, 5) is 21.1. The van der Waals surface area contributed by atoms with Gasteiger partial charge in [0.25, 0.3) is 0 Å². The lowest BCUT2D eigenvalue weighted by Crippen LogP contribution is -2.31. The van der Waals surface area contributed by atoms with Gasteiger partial charge in [0.2, 0.25) is 5.91 Å². The quantitative estimate of drug-likeness (QED) is 0.929. The summed E-state index contributed by atoms with van der Waals surface area (Å²) in [6.45, 7) is 3.07. The molecule has 1 amide bonds. The average Bonchev–Trinajstić information content (AvgIpc) is 3.08. The Morgan fingerprint density at radius 2 is 2.12 bits per heavy atom. The second-order valence-corrected chi connectivity index (χ2v) is 6.54. The average molecular weight is 338 g/mol. The van der Waals surface area contributed by atoms with Crippen LogP contribution in [-0.2, 0) is 9.53 Å². The summed E-state index contributed by atoms with van der Waals surface area (Å²) in [5.41, 5.74) is 5.16. The van der Waals surface area contributed by atoms with Gasteiger partial charge in [0.15, 0.2) is 0 Å². The van der Waals surface area contributed by atoms with Crippen molar-refractivity contribution in [1.29, 1.82) is 0 Å². The number of benzene rings is 1. The molecule has 1 aromatic heterocycles. The highest BCUT2D eigenvalue weighted by Crippen LogP contribution is 2.47. The molecule has 2 aromatic rings. The molecule has 0 fully saturated rings. The lowest BCUT2D eigenvalue weighted by molar-refractivity contribution is -0.119. The Hall–Kier alpha value is -2.60. The number of amides is 1. The van der Waals surface area contributed by atoms with E-state index < -0.39 is 0 Å². The van der Waals surface area contributed by atoms with Crippen LogP contribution in [0.1, 0.15) is 30.3 Å². The maximum absolute atomic E-state index is 12.6. The summed E-state index contributed by atoms with van der Waals surface area (Å²) in [6, 6.07) is 10.1. The predicted octanol–water partition coefficient (Wildman–Crippen LogP) is 2.74. The molecule has 0 bridgehead atoms. The fourth-order valence-electron chi connectivity index (χ4n) is 3.67. The molecule has 6 nitrogen and oxygen atoms in total. The highest BCUT2D eigenvalue weighted by atomic mass is 16.5. The Morgan fingerprint density at radius 1 is 1.28 bits per heavy atom. The molecule has 0 radical (unpaired) electrons. The standard InChI is InChI=1S/C19H22N4O2/c1-12-13-10-15-17(11-16(13)23(19(12)24)8-9-25-3)22(2)18(21-15)14-6-4-5-7-20-14/h4-7,10-12,18,21H,8-9H2,1-3H3. The van der Waals surface area contributed by atoms with Crippen molar-refractivity contribution in [1.82, 2.24) is 4.98 Å². The van der Waals surface area contributed by atoms with Gasteiger partial charge in [-0.3, -0.25) is 9.78 Å². The molecule has 25 heavy (non-hydrogen) atoms. The number of rotatable bonds is 4. The summed E-state index contributed by atoms with van der Waals surface area (Å²) in [6.07, 6.45) is 1.80. The van der Waals surface area contributed by atoms with Crippen molar-refractivity contribution in [3.63, 3.8) is 0 Å². The monoisotopic (exact) mass is 338 g/mol. The third kappa shape index (κ3) is 2.44. The first kappa shape index (κ1) is 15.9. The first-order chi connectivity index (χ1) is 12.1. The molecule has 0 aliphatic carbocycles. The van der Waals surface area contributed by atoms with Crippen LogP contribution in [0.2, 0.25) is 0 Å².